The molecule has 0 bridgehead atoms. The first-order valence-electron chi connectivity index (χ1n) is 13.5. The molecule has 1 saturated heterocycles. The highest BCUT2D eigenvalue weighted by Crippen LogP contribution is 2.47. The molecule has 2 heterocycles. The van der Waals surface area contributed by atoms with Gasteiger partial charge < -0.3 is 19.9 Å². The molecule has 2 fully saturated rings. The number of nitrogens with one attached hydrogen (secondary N) is 1. The van der Waals surface area contributed by atoms with Crippen LogP contribution in [0.15, 0.2) is 42.6 Å². The number of anilines is 1. The topological polar surface area (TPSA) is 80.7 Å². The van der Waals surface area contributed by atoms with Crippen LogP contribution >= 0.6 is 0 Å². The summed E-state index contributed by atoms with van der Waals surface area (Å²) in [5.74, 6) is 0.0191. The highest BCUT2D eigenvalue weighted by molar-refractivity contribution is 5.77. The summed E-state index contributed by atoms with van der Waals surface area (Å²) in [6.07, 6.45) is 4.99. The number of hydrogen-bond acceptors (Lipinski definition) is 5. The van der Waals surface area contributed by atoms with Crippen LogP contribution < -0.4 is 10.1 Å². The highest BCUT2D eigenvalue weighted by atomic mass is 19.1. The van der Waals surface area contributed by atoms with Crippen molar-refractivity contribution in [3.8, 4) is 16.9 Å². The SMILES string of the molecule is Cc1cc(OCC2CCOC2)cc(C)c1-c1ccc(F)c2c1CC[C@H]2Nc1ccc([C@H]2C[C@@H]2C(=O)O)nc1. The van der Waals surface area contributed by atoms with Crippen LogP contribution in [0.25, 0.3) is 11.1 Å². The first kappa shape index (κ1) is 24.9. The first-order valence-corrected chi connectivity index (χ1v) is 13.5. The second-order valence-electron chi connectivity index (χ2n) is 11.0. The van der Waals surface area contributed by atoms with Gasteiger partial charge in [0.1, 0.15) is 11.6 Å². The minimum Gasteiger partial charge on any atom is -0.493 e. The minimum atomic E-state index is -0.764. The number of aryl methyl sites for hydroxylation is 2. The molecule has 1 aromatic heterocycles. The number of hydrogen-bond donors (Lipinski definition) is 2. The molecule has 0 amide bonds. The van der Waals surface area contributed by atoms with Crippen LogP contribution in [0.2, 0.25) is 0 Å². The molecule has 3 aliphatic rings. The largest absolute Gasteiger partial charge is 0.493 e. The highest BCUT2D eigenvalue weighted by Gasteiger charge is 2.45. The van der Waals surface area contributed by atoms with Crippen LogP contribution in [-0.2, 0) is 16.0 Å². The summed E-state index contributed by atoms with van der Waals surface area (Å²) in [5.41, 5.74) is 7.85. The molecule has 2 aromatic carbocycles. The number of fused-ring (bicyclic) bond motifs is 1. The Labute approximate surface area is 222 Å². The van der Waals surface area contributed by atoms with E-state index in [9.17, 15) is 9.90 Å². The van der Waals surface area contributed by atoms with Crippen molar-refractivity contribution < 1.29 is 23.8 Å². The molecule has 0 spiro atoms. The van der Waals surface area contributed by atoms with E-state index < -0.39 is 5.97 Å². The van der Waals surface area contributed by atoms with Crippen molar-refractivity contribution in [1.82, 2.24) is 4.98 Å². The lowest BCUT2D eigenvalue weighted by atomic mass is 9.90. The van der Waals surface area contributed by atoms with Gasteiger partial charge in [0, 0.05) is 29.7 Å². The van der Waals surface area contributed by atoms with Crippen molar-refractivity contribution in [2.75, 3.05) is 25.1 Å². The summed E-state index contributed by atoms with van der Waals surface area (Å²) in [6.45, 7) is 6.42. The number of carboxylic acids is 1. The number of carboxylic acid groups (broad SMARTS) is 1. The van der Waals surface area contributed by atoms with Gasteiger partial charge in [-0.05, 0) is 97.7 Å². The van der Waals surface area contributed by atoms with E-state index in [4.69, 9.17) is 9.47 Å². The number of nitrogens with zero attached hydrogens (tertiary/aromatic N) is 1. The van der Waals surface area contributed by atoms with Crippen molar-refractivity contribution in [3.63, 3.8) is 0 Å². The van der Waals surface area contributed by atoms with Gasteiger partial charge in [0.15, 0.2) is 0 Å². The number of pyridine rings is 1. The van der Waals surface area contributed by atoms with Crippen LogP contribution in [0.1, 0.15) is 59.2 Å². The molecule has 6 rings (SSSR count). The van der Waals surface area contributed by atoms with Gasteiger partial charge in [-0.15, -0.1) is 0 Å². The lowest BCUT2D eigenvalue weighted by Crippen LogP contribution is -2.12. The average molecular weight is 517 g/mol. The summed E-state index contributed by atoms with van der Waals surface area (Å²) < 4.78 is 26.8. The number of halogens is 1. The predicted molar refractivity (Wildman–Crippen MR) is 143 cm³/mol. The molecule has 38 heavy (non-hydrogen) atoms. The fraction of sp³-hybridized carbons (Fsp3) is 0.419. The maximum Gasteiger partial charge on any atom is 0.307 e. The third-order valence-corrected chi connectivity index (χ3v) is 8.24. The Morgan fingerprint density at radius 1 is 1.18 bits per heavy atom. The second-order valence-corrected chi connectivity index (χ2v) is 11.0. The van der Waals surface area contributed by atoms with Crippen LogP contribution in [0, 0.1) is 31.5 Å². The van der Waals surface area contributed by atoms with E-state index in [0.29, 0.717) is 18.9 Å². The maximum atomic E-state index is 15.2. The van der Waals surface area contributed by atoms with Crippen LogP contribution in [0.4, 0.5) is 10.1 Å². The van der Waals surface area contributed by atoms with Crippen molar-refractivity contribution in [2.24, 2.45) is 11.8 Å². The monoisotopic (exact) mass is 516 g/mol. The van der Waals surface area contributed by atoms with E-state index in [1.165, 1.54) is 0 Å². The number of rotatable bonds is 8. The van der Waals surface area contributed by atoms with Gasteiger partial charge >= 0.3 is 5.97 Å². The molecule has 0 radical (unpaired) electrons. The molecular weight excluding hydrogens is 483 g/mol. The smallest absolute Gasteiger partial charge is 0.307 e. The van der Waals surface area contributed by atoms with Crippen LogP contribution in [0.3, 0.4) is 0 Å². The molecule has 2 aliphatic carbocycles. The average Bonchev–Trinajstić information content (AvgIpc) is 3.31. The Balaban J connectivity index is 1.22. The Kier molecular flexibility index (Phi) is 6.56. The molecule has 1 aliphatic heterocycles. The maximum absolute atomic E-state index is 15.2. The predicted octanol–water partition coefficient (Wildman–Crippen LogP) is 6.21. The van der Waals surface area contributed by atoms with E-state index >= 15 is 4.39 Å². The fourth-order valence-corrected chi connectivity index (χ4v) is 6.16. The number of carbonyl (C=O) groups is 1. The minimum absolute atomic E-state index is 0.00578. The van der Waals surface area contributed by atoms with Crippen molar-refractivity contribution in [2.45, 2.75) is 51.5 Å². The van der Waals surface area contributed by atoms with Gasteiger partial charge in [0.25, 0.3) is 0 Å². The van der Waals surface area contributed by atoms with Gasteiger partial charge in [0.05, 0.1) is 37.1 Å². The van der Waals surface area contributed by atoms with Gasteiger partial charge in [-0.2, -0.15) is 0 Å². The molecule has 1 saturated carbocycles. The quantitative estimate of drug-likeness (QED) is 0.371. The number of ether oxygens (including phenoxy) is 2. The Morgan fingerprint density at radius 2 is 2.00 bits per heavy atom. The molecule has 6 nitrogen and oxygen atoms in total. The van der Waals surface area contributed by atoms with E-state index in [0.717, 1.165) is 83.0 Å². The molecule has 1 unspecified atom stereocenters. The van der Waals surface area contributed by atoms with Gasteiger partial charge in [0.2, 0.25) is 0 Å². The van der Waals surface area contributed by atoms with E-state index in [1.54, 1.807) is 12.3 Å². The number of aliphatic carboxylic acids is 1. The van der Waals surface area contributed by atoms with E-state index in [2.05, 4.69) is 36.3 Å². The Morgan fingerprint density at radius 3 is 2.66 bits per heavy atom. The van der Waals surface area contributed by atoms with Crippen molar-refractivity contribution in [3.05, 3.63) is 76.4 Å². The normalized spacial score (nSPS) is 23.8. The Hall–Kier alpha value is -3.45. The summed E-state index contributed by atoms with van der Waals surface area (Å²) in [4.78, 5) is 15.7. The lowest BCUT2D eigenvalue weighted by molar-refractivity contribution is -0.138. The lowest BCUT2D eigenvalue weighted by Gasteiger charge is -2.19. The first-order chi connectivity index (χ1) is 18.4. The molecule has 198 valence electrons. The van der Waals surface area contributed by atoms with Crippen LogP contribution in [0.5, 0.6) is 5.75 Å². The zero-order valence-electron chi connectivity index (χ0n) is 21.8. The summed E-state index contributed by atoms with van der Waals surface area (Å²) >= 11 is 0. The van der Waals surface area contributed by atoms with E-state index in [1.807, 2.05) is 18.2 Å². The zero-order chi connectivity index (χ0) is 26.4. The molecule has 4 atom stereocenters. The van der Waals surface area contributed by atoms with Crippen molar-refractivity contribution >= 4 is 11.7 Å². The van der Waals surface area contributed by atoms with Crippen LogP contribution in [-0.4, -0.2) is 35.9 Å². The standard InChI is InChI=1S/C31H33FN2O4/c1-17-11-21(38-16-19-9-10-37-15-19)12-18(2)29(17)22-4-6-26(32)30-23(22)5-8-28(30)34-20-3-7-27(33-14-20)24-13-25(24)31(35)36/h3-4,6-7,11-12,14,19,24-25,28,34H,5,8-10,13,15-16H2,1-2H3,(H,35,36)/t19?,24-,25-,28+/m0/s1. The van der Waals surface area contributed by atoms with E-state index in [-0.39, 0.29) is 23.7 Å². The Bertz CT molecular complexity index is 1340. The molecule has 3 aromatic rings. The summed E-state index contributed by atoms with van der Waals surface area (Å²) in [6, 6.07) is 11.3. The number of aromatic nitrogens is 1. The molecule has 2 N–H and O–H groups in total. The van der Waals surface area contributed by atoms with Gasteiger partial charge in [-0.25, -0.2) is 4.39 Å². The second kappa shape index (κ2) is 10.0. The fourth-order valence-electron chi connectivity index (χ4n) is 6.16. The molecular formula is C31H33FN2O4. The molecule has 7 heteroatoms. The zero-order valence-corrected chi connectivity index (χ0v) is 21.8. The summed E-state index contributed by atoms with van der Waals surface area (Å²) in [5, 5.41) is 12.6. The van der Waals surface area contributed by atoms with Crippen molar-refractivity contribution in [1.29, 1.82) is 0 Å². The van der Waals surface area contributed by atoms with Gasteiger partial charge in [-0.1, -0.05) is 6.07 Å². The third kappa shape index (κ3) is 4.75. The summed E-state index contributed by atoms with van der Waals surface area (Å²) in [7, 11) is 0. The number of benzene rings is 2. The van der Waals surface area contributed by atoms with Gasteiger partial charge in [-0.3, -0.25) is 9.78 Å². The third-order valence-electron chi connectivity index (χ3n) is 8.24.